The van der Waals surface area contributed by atoms with Gasteiger partial charge in [-0.1, -0.05) is 24.4 Å². The van der Waals surface area contributed by atoms with Crippen molar-refractivity contribution in [2.24, 2.45) is 0 Å². The Morgan fingerprint density at radius 1 is 0.727 bits per heavy atom. The van der Waals surface area contributed by atoms with Crippen molar-refractivity contribution < 1.29 is 0 Å². The van der Waals surface area contributed by atoms with Gasteiger partial charge in [-0.05, 0) is 0 Å². The summed E-state index contributed by atoms with van der Waals surface area (Å²) < 4.78 is 0.752. The smallest absolute Gasteiger partial charge is 0.325 e. The first-order chi connectivity index (χ1) is 10.5. The quantitative estimate of drug-likeness (QED) is 0.259. The molecule has 0 aromatic carbocycles. The zero-order valence-corrected chi connectivity index (χ0v) is 12.3. The van der Waals surface area contributed by atoms with Gasteiger partial charge in [0.1, 0.15) is 20.3 Å². The predicted molar refractivity (Wildman–Crippen MR) is 83.8 cm³/mol. The van der Waals surface area contributed by atoms with E-state index in [9.17, 15) is 9.59 Å². The molecule has 0 aliphatic heterocycles. The number of fused-ring (bicyclic) bond motifs is 2. The minimum Gasteiger partial charge on any atom is -0.341 e. The largest absolute Gasteiger partial charge is 0.341 e. The number of hydrogen-bond acceptors (Lipinski definition) is 6. The van der Waals surface area contributed by atoms with Crippen LogP contribution in [0.4, 0.5) is 0 Å². The molecule has 0 unspecified atom stereocenters. The van der Waals surface area contributed by atoms with Gasteiger partial charge >= 0.3 is 11.4 Å². The van der Waals surface area contributed by atoms with Crippen LogP contribution in [0.25, 0.3) is 22.3 Å². The van der Waals surface area contributed by atoms with E-state index < -0.39 is 0 Å². The van der Waals surface area contributed by atoms with Gasteiger partial charge in [-0.15, -0.1) is 0 Å². The maximum atomic E-state index is 10.8. The van der Waals surface area contributed by atoms with Gasteiger partial charge in [0.05, 0.1) is 12.7 Å². The third-order valence-electron chi connectivity index (χ3n) is 2.65. The average Bonchev–Trinajstić information content (AvgIpc) is 3.07. The van der Waals surface area contributed by atoms with Crippen molar-refractivity contribution in [1.29, 1.82) is 0 Å². The van der Waals surface area contributed by atoms with Gasteiger partial charge in [0.2, 0.25) is 0 Å². The second-order valence-corrected chi connectivity index (χ2v) is 4.89. The van der Waals surface area contributed by atoms with E-state index in [-0.39, 0.29) is 11.4 Å². The molecule has 0 aliphatic carbocycles. The minimum absolute atomic E-state index is 0.338. The molecule has 0 fully saturated rings. The molecular weight excluding hydrogens is 328 g/mol. The molecule has 12 heteroatoms. The highest BCUT2D eigenvalue weighted by atomic mass is 32.1. The van der Waals surface area contributed by atoms with Crippen LogP contribution >= 0.6 is 24.4 Å². The van der Waals surface area contributed by atoms with Crippen molar-refractivity contribution in [2.45, 2.75) is 0 Å². The number of hydrogen-bond donors (Lipinski definition) is 6. The summed E-state index contributed by atoms with van der Waals surface area (Å²) >= 11 is 9.70. The molecule has 0 saturated carbocycles. The first-order valence-electron chi connectivity index (χ1n) is 5.86. The van der Waals surface area contributed by atoms with Crippen molar-refractivity contribution in [3.8, 4) is 0 Å². The second kappa shape index (κ2) is 5.50. The van der Waals surface area contributed by atoms with Crippen LogP contribution in [0.5, 0.6) is 0 Å². The molecule has 0 atom stereocenters. The highest BCUT2D eigenvalue weighted by molar-refractivity contribution is 7.71. The standard InChI is InChI=1S/2C5H4N4OS/c2*10-5-8-3-2(4(11)9-5)6-1-7-3/h2*1H,(H3,6,7,8,9,10,11). The molecule has 0 spiro atoms. The lowest BCUT2D eigenvalue weighted by Gasteiger charge is -1.85. The maximum Gasteiger partial charge on any atom is 0.325 e. The molecular formula is C10H8N8O2S2. The normalized spacial score (nSPS) is 10.5. The van der Waals surface area contributed by atoms with Crippen molar-refractivity contribution in [1.82, 2.24) is 39.9 Å². The molecule has 22 heavy (non-hydrogen) atoms. The van der Waals surface area contributed by atoms with E-state index in [1.807, 2.05) is 0 Å². The zero-order valence-electron chi connectivity index (χ0n) is 10.7. The molecule has 0 amide bonds. The molecule has 10 nitrogen and oxygen atoms in total. The highest BCUT2D eigenvalue weighted by Gasteiger charge is 1.98. The summed E-state index contributed by atoms with van der Waals surface area (Å²) in [7, 11) is 0. The fraction of sp³-hybridized carbons (Fsp3) is 0. The van der Waals surface area contributed by atoms with E-state index in [2.05, 4.69) is 39.9 Å². The van der Waals surface area contributed by atoms with Crippen LogP contribution < -0.4 is 11.4 Å². The van der Waals surface area contributed by atoms with E-state index in [1.165, 1.54) is 12.7 Å². The van der Waals surface area contributed by atoms with E-state index in [1.54, 1.807) is 0 Å². The van der Waals surface area contributed by atoms with Gasteiger partial charge in [0.25, 0.3) is 0 Å². The van der Waals surface area contributed by atoms with Crippen molar-refractivity contribution >= 4 is 46.8 Å². The lowest BCUT2D eigenvalue weighted by atomic mass is 10.6. The van der Waals surface area contributed by atoms with Gasteiger partial charge in [-0.2, -0.15) is 0 Å². The SMILES string of the molecule is O=c1[nH]c(=S)c2[nH]cnc2[nH]1.O=c1[nH]c(=S)c2[nH]cnc2[nH]1. The molecule has 4 rings (SSSR count). The summed E-state index contributed by atoms with van der Waals surface area (Å²) in [5, 5.41) is 0. The summed E-state index contributed by atoms with van der Waals surface area (Å²) in [5.74, 6) is 0. The second-order valence-electron chi connectivity index (χ2n) is 4.07. The lowest BCUT2D eigenvalue weighted by molar-refractivity contribution is 1.09. The van der Waals surface area contributed by atoms with Gasteiger partial charge in [0, 0.05) is 0 Å². The van der Waals surface area contributed by atoms with Crippen molar-refractivity contribution in [2.75, 3.05) is 0 Å². The number of aromatic amines is 6. The van der Waals surface area contributed by atoms with Gasteiger partial charge in [0.15, 0.2) is 11.3 Å². The van der Waals surface area contributed by atoms with Gasteiger partial charge in [-0.3, -0.25) is 19.9 Å². The number of aromatic nitrogens is 8. The molecule has 4 aromatic rings. The molecule has 0 saturated heterocycles. The summed E-state index contributed by atoms with van der Waals surface area (Å²) in [5.41, 5.74) is 1.60. The molecule has 112 valence electrons. The van der Waals surface area contributed by atoms with Crippen LogP contribution in [-0.2, 0) is 0 Å². The van der Waals surface area contributed by atoms with Crippen LogP contribution in [0.1, 0.15) is 0 Å². The first-order valence-corrected chi connectivity index (χ1v) is 6.67. The number of nitrogens with one attached hydrogen (secondary N) is 6. The molecule has 0 aliphatic rings. The van der Waals surface area contributed by atoms with Crippen molar-refractivity contribution in [3.63, 3.8) is 0 Å². The Balaban J connectivity index is 0.000000131. The molecule has 0 bridgehead atoms. The van der Waals surface area contributed by atoms with E-state index >= 15 is 0 Å². The number of imidazole rings is 2. The number of H-pyrrole nitrogens is 6. The van der Waals surface area contributed by atoms with Crippen LogP contribution in [0.3, 0.4) is 0 Å². The Hall–Kier alpha value is -2.86. The van der Waals surface area contributed by atoms with E-state index in [0.717, 1.165) is 0 Å². The van der Waals surface area contributed by atoms with Gasteiger partial charge in [-0.25, -0.2) is 19.6 Å². The minimum atomic E-state index is -0.338. The molecule has 4 heterocycles. The number of rotatable bonds is 0. The van der Waals surface area contributed by atoms with Crippen LogP contribution in [0, 0.1) is 9.28 Å². The third-order valence-corrected chi connectivity index (χ3v) is 3.26. The fourth-order valence-corrected chi connectivity index (χ4v) is 2.23. The Labute approximate surface area is 130 Å². The summed E-state index contributed by atoms with van der Waals surface area (Å²) in [6, 6.07) is 0. The Kier molecular flexibility index (Phi) is 3.52. The van der Waals surface area contributed by atoms with Crippen molar-refractivity contribution in [3.05, 3.63) is 42.9 Å². The molecule has 0 radical (unpaired) electrons. The maximum absolute atomic E-state index is 10.8. The monoisotopic (exact) mass is 336 g/mol. The van der Waals surface area contributed by atoms with Crippen LogP contribution in [0.2, 0.25) is 0 Å². The Morgan fingerprint density at radius 3 is 1.55 bits per heavy atom. The fourth-order valence-electron chi connectivity index (χ4n) is 1.73. The Bertz CT molecular complexity index is 1080. The highest BCUT2D eigenvalue weighted by Crippen LogP contribution is 2.01. The zero-order chi connectivity index (χ0) is 15.7. The van der Waals surface area contributed by atoms with Crippen LogP contribution in [0.15, 0.2) is 22.2 Å². The summed E-state index contributed by atoms with van der Waals surface area (Å²) in [6.45, 7) is 0. The lowest BCUT2D eigenvalue weighted by Crippen LogP contribution is -2.09. The number of nitrogens with zero attached hydrogens (tertiary/aromatic N) is 2. The summed E-state index contributed by atoms with van der Waals surface area (Å²) in [4.78, 5) is 44.7. The van der Waals surface area contributed by atoms with E-state index in [4.69, 9.17) is 24.4 Å². The topological polar surface area (TPSA) is 155 Å². The summed E-state index contributed by atoms with van der Waals surface area (Å²) in [6.07, 6.45) is 2.95. The average molecular weight is 336 g/mol. The molecule has 6 N–H and O–H groups in total. The first kappa shape index (κ1) is 14.1. The van der Waals surface area contributed by atoms with E-state index in [0.29, 0.717) is 31.6 Å². The predicted octanol–water partition coefficient (Wildman–Crippen LogP) is 0.618. The van der Waals surface area contributed by atoms with Gasteiger partial charge < -0.3 is 9.97 Å². The Morgan fingerprint density at radius 2 is 1.14 bits per heavy atom. The van der Waals surface area contributed by atoms with Crippen LogP contribution in [-0.4, -0.2) is 39.9 Å². The molecule has 4 aromatic heterocycles. The third kappa shape index (κ3) is 2.64.